The van der Waals surface area contributed by atoms with Crippen LogP contribution in [-0.2, 0) is 6.42 Å². The Labute approximate surface area is 120 Å². The van der Waals surface area contributed by atoms with Crippen molar-refractivity contribution in [1.29, 1.82) is 0 Å². The Kier molecular flexibility index (Phi) is 5.91. The molecule has 1 aromatic rings. The topological polar surface area (TPSA) is 64.7 Å². The van der Waals surface area contributed by atoms with Gasteiger partial charge < -0.3 is 20.3 Å². The monoisotopic (exact) mass is 287 g/mol. The van der Waals surface area contributed by atoms with Crippen molar-refractivity contribution in [3.8, 4) is 11.5 Å². The zero-order valence-electron chi connectivity index (χ0n) is 11.4. The number of nitrogens with two attached hydrogens (primary N) is 1. The molecule has 3 N–H and O–H groups in total. The van der Waals surface area contributed by atoms with Crippen molar-refractivity contribution in [2.45, 2.75) is 37.8 Å². The number of fused-ring (bicyclic) bond motifs is 1. The lowest BCUT2D eigenvalue weighted by Crippen LogP contribution is -2.30. The van der Waals surface area contributed by atoms with E-state index >= 15 is 0 Å². The van der Waals surface area contributed by atoms with Crippen molar-refractivity contribution in [3.05, 3.63) is 23.3 Å². The van der Waals surface area contributed by atoms with Crippen LogP contribution in [0, 0.1) is 0 Å². The highest BCUT2D eigenvalue weighted by molar-refractivity contribution is 5.85. The molecule has 5 heteroatoms. The van der Waals surface area contributed by atoms with E-state index in [1.165, 1.54) is 0 Å². The van der Waals surface area contributed by atoms with Gasteiger partial charge in [-0.1, -0.05) is 6.42 Å². The summed E-state index contributed by atoms with van der Waals surface area (Å²) < 4.78 is 10.6. The molecule has 108 valence electrons. The van der Waals surface area contributed by atoms with Gasteiger partial charge in [0.05, 0.1) is 20.3 Å². The average Bonchev–Trinajstić information content (AvgIpc) is 2.40. The summed E-state index contributed by atoms with van der Waals surface area (Å²) in [5, 5.41) is 10.3. The number of methoxy groups -OCH3 is 2. The number of aryl methyl sites for hydroxylation is 1. The summed E-state index contributed by atoms with van der Waals surface area (Å²) >= 11 is 0. The fraction of sp³-hybridized carbons (Fsp3) is 0.571. The molecule has 0 radical (unpaired) electrons. The number of halogens is 1. The van der Waals surface area contributed by atoms with Gasteiger partial charge in [0, 0.05) is 6.04 Å². The van der Waals surface area contributed by atoms with E-state index in [-0.39, 0.29) is 18.4 Å². The molecule has 19 heavy (non-hydrogen) atoms. The molecule has 2 rings (SSSR count). The Hall–Kier alpha value is -0.970. The molecule has 2 atom stereocenters. The van der Waals surface area contributed by atoms with Gasteiger partial charge in [-0.3, -0.25) is 0 Å². The Morgan fingerprint density at radius 1 is 1.16 bits per heavy atom. The Bertz CT molecular complexity index is 425. The summed E-state index contributed by atoms with van der Waals surface area (Å²) in [6.07, 6.45) is 3.31. The molecule has 4 nitrogen and oxygen atoms in total. The second-order valence-electron chi connectivity index (χ2n) is 4.76. The van der Waals surface area contributed by atoms with Crippen molar-refractivity contribution in [3.63, 3.8) is 0 Å². The number of hydrogen-bond donors (Lipinski definition) is 2. The SMILES string of the molecule is COc1cc2c(cc1OC)C(O)C(N)CCCC2.Cl. The number of ether oxygens (including phenoxy) is 2. The summed E-state index contributed by atoms with van der Waals surface area (Å²) in [6, 6.07) is 3.60. The van der Waals surface area contributed by atoms with Gasteiger partial charge in [-0.05, 0) is 42.5 Å². The van der Waals surface area contributed by atoms with Gasteiger partial charge in [0.25, 0.3) is 0 Å². The number of hydrogen-bond acceptors (Lipinski definition) is 4. The number of aliphatic hydroxyl groups excluding tert-OH is 1. The first-order valence-electron chi connectivity index (χ1n) is 6.35. The lowest BCUT2D eigenvalue weighted by molar-refractivity contribution is 0.137. The fourth-order valence-corrected chi connectivity index (χ4v) is 2.51. The molecule has 1 aromatic carbocycles. The number of rotatable bonds is 2. The average molecular weight is 288 g/mol. The van der Waals surface area contributed by atoms with Gasteiger partial charge in [-0.2, -0.15) is 0 Å². The van der Waals surface area contributed by atoms with E-state index in [1.54, 1.807) is 14.2 Å². The molecule has 1 aliphatic carbocycles. The highest BCUT2D eigenvalue weighted by atomic mass is 35.5. The minimum atomic E-state index is -0.625. The summed E-state index contributed by atoms with van der Waals surface area (Å²) in [6.45, 7) is 0. The Morgan fingerprint density at radius 3 is 2.42 bits per heavy atom. The minimum absolute atomic E-state index is 0. The maximum Gasteiger partial charge on any atom is 0.161 e. The quantitative estimate of drug-likeness (QED) is 0.875. The van der Waals surface area contributed by atoms with E-state index in [4.69, 9.17) is 15.2 Å². The van der Waals surface area contributed by atoms with E-state index in [2.05, 4.69) is 0 Å². The second kappa shape index (κ2) is 6.98. The van der Waals surface area contributed by atoms with Crippen LogP contribution < -0.4 is 15.2 Å². The van der Waals surface area contributed by atoms with Crippen molar-refractivity contribution in [2.24, 2.45) is 5.73 Å². The van der Waals surface area contributed by atoms with E-state index < -0.39 is 6.10 Å². The third kappa shape index (κ3) is 3.32. The van der Waals surface area contributed by atoms with E-state index in [1.807, 2.05) is 12.1 Å². The Morgan fingerprint density at radius 2 is 1.79 bits per heavy atom. The summed E-state index contributed by atoms with van der Waals surface area (Å²) in [5.41, 5.74) is 7.98. The highest BCUT2D eigenvalue weighted by Gasteiger charge is 2.24. The molecule has 0 heterocycles. The summed E-state index contributed by atoms with van der Waals surface area (Å²) in [4.78, 5) is 0. The second-order valence-corrected chi connectivity index (χ2v) is 4.76. The van der Waals surface area contributed by atoms with Gasteiger partial charge in [-0.15, -0.1) is 12.4 Å². The van der Waals surface area contributed by atoms with Crippen LogP contribution in [0.5, 0.6) is 11.5 Å². The molecular formula is C14H22ClNO3. The van der Waals surface area contributed by atoms with Gasteiger partial charge >= 0.3 is 0 Å². The molecule has 1 aliphatic rings. The lowest BCUT2D eigenvalue weighted by atomic mass is 9.88. The standard InChI is InChI=1S/C14H21NO3.ClH/c1-17-12-7-9-5-3-4-6-11(15)14(16)10(9)8-13(12)18-2;/h7-8,11,14,16H,3-6,15H2,1-2H3;1H. The normalized spacial score (nSPS) is 22.5. The molecule has 0 fully saturated rings. The van der Waals surface area contributed by atoms with Crippen molar-refractivity contribution in [1.82, 2.24) is 0 Å². The predicted octanol–water partition coefficient (Wildman–Crippen LogP) is 2.21. The molecule has 0 bridgehead atoms. The highest BCUT2D eigenvalue weighted by Crippen LogP contribution is 2.36. The van der Waals surface area contributed by atoms with E-state index in [0.29, 0.717) is 11.5 Å². The molecule has 0 saturated heterocycles. The van der Waals surface area contributed by atoms with E-state index in [0.717, 1.165) is 36.8 Å². The van der Waals surface area contributed by atoms with Gasteiger partial charge in [0.2, 0.25) is 0 Å². The fourth-order valence-electron chi connectivity index (χ4n) is 2.51. The Balaban J connectivity index is 0.00000180. The molecule has 0 spiro atoms. The van der Waals surface area contributed by atoms with Crippen LogP contribution in [0.15, 0.2) is 12.1 Å². The first-order chi connectivity index (χ1) is 8.67. The molecule has 0 saturated carbocycles. The number of aliphatic hydroxyl groups is 1. The van der Waals surface area contributed by atoms with Gasteiger partial charge in [0.1, 0.15) is 0 Å². The van der Waals surface area contributed by atoms with Crippen LogP contribution in [-0.4, -0.2) is 25.4 Å². The van der Waals surface area contributed by atoms with Gasteiger partial charge in [-0.25, -0.2) is 0 Å². The van der Waals surface area contributed by atoms with Crippen LogP contribution >= 0.6 is 12.4 Å². The number of benzene rings is 1. The van der Waals surface area contributed by atoms with Crippen molar-refractivity contribution < 1.29 is 14.6 Å². The third-order valence-corrected chi connectivity index (χ3v) is 3.60. The largest absolute Gasteiger partial charge is 0.493 e. The predicted molar refractivity (Wildman–Crippen MR) is 77.3 cm³/mol. The summed E-state index contributed by atoms with van der Waals surface area (Å²) in [7, 11) is 3.22. The maximum atomic E-state index is 10.3. The van der Waals surface area contributed by atoms with Crippen LogP contribution in [0.25, 0.3) is 0 Å². The van der Waals surface area contributed by atoms with Crippen LogP contribution in [0.4, 0.5) is 0 Å². The summed E-state index contributed by atoms with van der Waals surface area (Å²) in [5.74, 6) is 1.35. The first-order valence-corrected chi connectivity index (χ1v) is 6.35. The van der Waals surface area contributed by atoms with E-state index in [9.17, 15) is 5.11 Å². The first kappa shape index (κ1) is 16.1. The molecule has 2 unspecified atom stereocenters. The van der Waals surface area contributed by atoms with Crippen molar-refractivity contribution >= 4 is 12.4 Å². The zero-order valence-corrected chi connectivity index (χ0v) is 12.2. The smallest absolute Gasteiger partial charge is 0.161 e. The minimum Gasteiger partial charge on any atom is -0.493 e. The van der Waals surface area contributed by atoms with Crippen LogP contribution in [0.2, 0.25) is 0 Å². The third-order valence-electron chi connectivity index (χ3n) is 3.60. The maximum absolute atomic E-state index is 10.3. The lowest BCUT2D eigenvalue weighted by Gasteiger charge is -2.25. The van der Waals surface area contributed by atoms with Crippen LogP contribution in [0.3, 0.4) is 0 Å². The molecule has 0 amide bonds. The van der Waals surface area contributed by atoms with Crippen LogP contribution in [0.1, 0.15) is 36.5 Å². The zero-order chi connectivity index (χ0) is 13.1. The van der Waals surface area contributed by atoms with Crippen molar-refractivity contribution in [2.75, 3.05) is 14.2 Å². The molecular weight excluding hydrogens is 266 g/mol. The molecule has 0 aromatic heterocycles. The molecule has 0 aliphatic heterocycles. The van der Waals surface area contributed by atoms with Gasteiger partial charge in [0.15, 0.2) is 11.5 Å².